The molecule has 6 heteroatoms. The molecule has 1 aliphatic rings. The molecule has 0 unspecified atom stereocenters. The Bertz CT molecular complexity index is 614. The largest absolute Gasteiger partial charge is 0.478 e. The Hall–Kier alpha value is -2.08. The van der Waals surface area contributed by atoms with Gasteiger partial charge < -0.3 is 15.0 Å². The third-order valence-corrected chi connectivity index (χ3v) is 4.69. The molecule has 1 aliphatic heterocycles. The smallest absolute Gasteiger partial charge is 0.268 e. The summed E-state index contributed by atoms with van der Waals surface area (Å²) >= 11 is 0. The molecule has 6 nitrogen and oxygen atoms in total. The molecule has 1 aromatic rings. The molecule has 0 bridgehead atoms. The lowest BCUT2D eigenvalue weighted by molar-refractivity contribution is -0.129. The van der Waals surface area contributed by atoms with Crippen molar-refractivity contribution < 1.29 is 14.3 Å². The van der Waals surface area contributed by atoms with E-state index in [2.05, 4.69) is 24.1 Å². The summed E-state index contributed by atoms with van der Waals surface area (Å²) < 4.78 is 5.75. The van der Waals surface area contributed by atoms with E-state index in [0.717, 1.165) is 38.9 Å². The molecule has 1 aromatic carbocycles. The number of carbonyl (C=O) groups excluding carboxylic acids is 2. The van der Waals surface area contributed by atoms with Crippen LogP contribution < -0.4 is 15.0 Å². The monoisotopic (exact) mass is 375 g/mol. The van der Waals surface area contributed by atoms with Crippen molar-refractivity contribution in [2.24, 2.45) is 0 Å². The quantitative estimate of drug-likeness (QED) is 0.604. The first-order valence-electron chi connectivity index (χ1n) is 10.2. The van der Waals surface area contributed by atoms with Gasteiger partial charge in [0.2, 0.25) is 5.91 Å². The summed E-state index contributed by atoms with van der Waals surface area (Å²) in [5.74, 6) is 0.377. The molecule has 2 rings (SSSR count). The summed E-state index contributed by atoms with van der Waals surface area (Å²) in [6, 6.07) is 7.38. The van der Waals surface area contributed by atoms with Crippen molar-refractivity contribution >= 4 is 17.5 Å². The topological polar surface area (TPSA) is 61.9 Å². The lowest BCUT2D eigenvalue weighted by Gasteiger charge is -2.33. The maximum atomic E-state index is 12.6. The summed E-state index contributed by atoms with van der Waals surface area (Å²) in [6.07, 6.45) is 3.25. The lowest BCUT2D eigenvalue weighted by Crippen LogP contribution is -2.49. The van der Waals surface area contributed by atoms with E-state index in [1.54, 1.807) is 4.90 Å². The molecule has 1 N–H and O–H groups in total. The molecular weight excluding hydrogens is 342 g/mol. The molecule has 0 saturated carbocycles. The SMILES string of the molecule is CCCN(CCC)CCCNC(=O)CN1C(=O)[C@H](CC)Oc2ccccc21. The molecule has 0 aromatic heterocycles. The first kappa shape index (κ1) is 21.2. The Morgan fingerprint density at radius 3 is 2.52 bits per heavy atom. The van der Waals surface area contributed by atoms with Gasteiger partial charge in [0.1, 0.15) is 12.3 Å². The van der Waals surface area contributed by atoms with Gasteiger partial charge in [0.05, 0.1) is 5.69 Å². The minimum Gasteiger partial charge on any atom is -0.478 e. The second-order valence-electron chi connectivity index (χ2n) is 6.95. The summed E-state index contributed by atoms with van der Waals surface area (Å²) in [4.78, 5) is 29.0. The number of amides is 2. The van der Waals surface area contributed by atoms with Crippen molar-refractivity contribution in [3.8, 4) is 5.75 Å². The third kappa shape index (κ3) is 5.96. The number of ether oxygens (including phenoxy) is 1. The molecule has 0 fully saturated rings. The fraction of sp³-hybridized carbons (Fsp3) is 0.619. The van der Waals surface area contributed by atoms with Crippen molar-refractivity contribution in [3.05, 3.63) is 24.3 Å². The Morgan fingerprint density at radius 1 is 1.15 bits per heavy atom. The van der Waals surface area contributed by atoms with E-state index in [-0.39, 0.29) is 18.4 Å². The molecule has 2 amide bonds. The normalized spacial score (nSPS) is 16.2. The zero-order valence-corrected chi connectivity index (χ0v) is 16.9. The molecular formula is C21H33N3O3. The Kier molecular flexibility index (Phi) is 8.58. The van der Waals surface area contributed by atoms with Crippen LogP contribution in [0.1, 0.15) is 46.5 Å². The van der Waals surface area contributed by atoms with E-state index in [9.17, 15) is 9.59 Å². The molecule has 0 saturated heterocycles. The molecule has 27 heavy (non-hydrogen) atoms. The molecule has 0 aliphatic carbocycles. The minimum atomic E-state index is -0.524. The average molecular weight is 376 g/mol. The second-order valence-corrected chi connectivity index (χ2v) is 6.95. The lowest BCUT2D eigenvalue weighted by atomic mass is 10.1. The van der Waals surface area contributed by atoms with Crippen molar-refractivity contribution in [3.63, 3.8) is 0 Å². The van der Waals surface area contributed by atoms with Crippen molar-refractivity contribution in [1.82, 2.24) is 10.2 Å². The number of hydrogen-bond acceptors (Lipinski definition) is 4. The number of rotatable bonds is 11. The average Bonchev–Trinajstić information content (AvgIpc) is 2.67. The van der Waals surface area contributed by atoms with Crippen LogP contribution in [0.5, 0.6) is 5.75 Å². The molecule has 150 valence electrons. The van der Waals surface area contributed by atoms with Crippen molar-refractivity contribution in [2.75, 3.05) is 37.6 Å². The zero-order valence-electron chi connectivity index (χ0n) is 16.9. The number of anilines is 1. The number of carbonyl (C=O) groups is 2. The highest BCUT2D eigenvalue weighted by atomic mass is 16.5. The van der Waals surface area contributed by atoms with E-state index in [4.69, 9.17) is 4.74 Å². The number of para-hydroxylation sites is 2. The Morgan fingerprint density at radius 2 is 1.85 bits per heavy atom. The third-order valence-electron chi connectivity index (χ3n) is 4.69. The molecule has 1 atom stereocenters. The highest BCUT2D eigenvalue weighted by molar-refractivity contribution is 6.03. The molecule has 0 spiro atoms. The van der Waals surface area contributed by atoms with Gasteiger partial charge in [-0.3, -0.25) is 14.5 Å². The summed E-state index contributed by atoms with van der Waals surface area (Å²) in [5.41, 5.74) is 0.666. The van der Waals surface area contributed by atoms with Gasteiger partial charge in [0, 0.05) is 6.54 Å². The zero-order chi connectivity index (χ0) is 19.6. The van der Waals surface area contributed by atoms with Crippen LogP contribution in [0, 0.1) is 0 Å². The van der Waals surface area contributed by atoms with Gasteiger partial charge >= 0.3 is 0 Å². The second kappa shape index (κ2) is 10.9. The number of fused-ring (bicyclic) bond motifs is 1. The number of benzene rings is 1. The number of nitrogens with zero attached hydrogens (tertiary/aromatic N) is 2. The summed E-state index contributed by atoms with van der Waals surface area (Å²) in [6.45, 7) is 10.1. The number of hydrogen-bond donors (Lipinski definition) is 1. The highest BCUT2D eigenvalue weighted by Crippen LogP contribution is 2.34. The molecule has 0 radical (unpaired) electrons. The van der Waals surface area contributed by atoms with Crippen LogP contribution in [0.15, 0.2) is 24.3 Å². The summed E-state index contributed by atoms with van der Waals surface area (Å²) in [5, 5.41) is 2.95. The van der Waals surface area contributed by atoms with Gasteiger partial charge in [-0.05, 0) is 57.5 Å². The van der Waals surface area contributed by atoms with E-state index < -0.39 is 6.10 Å². The standard InChI is InChI=1S/C21H33N3O3/c1-4-13-23(14-5-2)15-9-12-22-20(25)16-24-17-10-7-8-11-19(17)27-18(6-3)21(24)26/h7-8,10-11,18H,4-6,9,12-16H2,1-3H3,(H,22,25)/t18-/m0/s1. The van der Waals surface area contributed by atoms with E-state index in [1.165, 1.54) is 0 Å². The van der Waals surface area contributed by atoms with Gasteiger partial charge in [-0.2, -0.15) is 0 Å². The Balaban J connectivity index is 1.86. The first-order chi connectivity index (χ1) is 13.1. The van der Waals surface area contributed by atoms with E-state index in [1.807, 2.05) is 31.2 Å². The van der Waals surface area contributed by atoms with E-state index >= 15 is 0 Å². The predicted molar refractivity (Wildman–Crippen MR) is 108 cm³/mol. The summed E-state index contributed by atoms with van der Waals surface area (Å²) in [7, 11) is 0. The van der Waals surface area contributed by atoms with Gasteiger partial charge in [0.25, 0.3) is 5.91 Å². The molecule has 1 heterocycles. The first-order valence-corrected chi connectivity index (χ1v) is 10.2. The number of nitrogens with one attached hydrogen (secondary N) is 1. The fourth-order valence-corrected chi connectivity index (χ4v) is 3.39. The van der Waals surface area contributed by atoms with Crippen LogP contribution in [0.25, 0.3) is 0 Å². The maximum absolute atomic E-state index is 12.6. The Labute approximate surface area is 162 Å². The van der Waals surface area contributed by atoms with Gasteiger partial charge in [-0.1, -0.05) is 32.9 Å². The van der Waals surface area contributed by atoms with Crippen LogP contribution in [0.3, 0.4) is 0 Å². The van der Waals surface area contributed by atoms with Crippen LogP contribution in [-0.4, -0.2) is 55.5 Å². The van der Waals surface area contributed by atoms with E-state index in [0.29, 0.717) is 24.4 Å². The minimum absolute atomic E-state index is 0.0311. The van der Waals surface area contributed by atoms with Gasteiger partial charge in [-0.25, -0.2) is 0 Å². The maximum Gasteiger partial charge on any atom is 0.268 e. The fourth-order valence-electron chi connectivity index (χ4n) is 3.39. The van der Waals surface area contributed by atoms with Gasteiger partial charge in [0.15, 0.2) is 6.10 Å². The van der Waals surface area contributed by atoms with Crippen LogP contribution >= 0.6 is 0 Å². The van der Waals surface area contributed by atoms with Crippen molar-refractivity contribution in [2.45, 2.75) is 52.6 Å². The predicted octanol–water partition coefficient (Wildman–Crippen LogP) is 2.82. The van der Waals surface area contributed by atoms with Crippen LogP contribution in [0.2, 0.25) is 0 Å². The van der Waals surface area contributed by atoms with Crippen molar-refractivity contribution in [1.29, 1.82) is 0 Å². The van der Waals surface area contributed by atoms with Crippen LogP contribution in [-0.2, 0) is 9.59 Å². The van der Waals surface area contributed by atoms with Gasteiger partial charge in [-0.15, -0.1) is 0 Å². The van der Waals surface area contributed by atoms with Crippen LogP contribution in [0.4, 0.5) is 5.69 Å². The highest BCUT2D eigenvalue weighted by Gasteiger charge is 2.34.